The first-order valence-corrected chi connectivity index (χ1v) is 14.1. The van der Waals surface area contributed by atoms with E-state index in [4.69, 9.17) is 14.7 Å². The number of nitrogens with zero attached hydrogens (tertiary/aromatic N) is 4. The summed E-state index contributed by atoms with van der Waals surface area (Å²) < 4.78 is 5.55. The molecule has 1 aromatic heterocycles. The fourth-order valence-electron chi connectivity index (χ4n) is 6.12. The number of carbonyl (C=O) groups excluding carboxylic acids is 2. The third-order valence-electron chi connectivity index (χ3n) is 7.77. The summed E-state index contributed by atoms with van der Waals surface area (Å²) in [6.07, 6.45) is 5.74. The van der Waals surface area contributed by atoms with Gasteiger partial charge in [-0.1, -0.05) is 13.8 Å². The average molecular weight is 531 g/mol. The van der Waals surface area contributed by atoms with Crippen LogP contribution >= 0.6 is 0 Å². The lowest BCUT2D eigenvalue weighted by atomic mass is 9.78. The Bertz CT molecular complexity index is 1020. The third-order valence-corrected chi connectivity index (χ3v) is 7.77. The molecule has 3 aliphatic rings. The van der Waals surface area contributed by atoms with Crippen molar-refractivity contribution in [2.75, 3.05) is 43.5 Å². The summed E-state index contributed by atoms with van der Waals surface area (Å²) in [7, 11) is 1.67. The van der Waals surface area contributed by atoms with Crippen LogP contribution < -0.4 is 15.5 Å². The van der Waals surface area contributed by atoms with Crippen molar-refractivity contribution < 1.29 is 19.4 Å². The molecular formula is C28H46N6O4. The molecule has 1 spiro atoms. The molecule has 0 radical (unpaired) electrons. The zero-order chi connectivity index (χ0) is 27.7. The highest BCUT2D eigenvalue weighted by molar-refractivity contribution is 5.76. The van der Waals surface area contributed by atoms with E-state index in [1.165, 1.54) is 0 Å². The molecule has 3 heterocycles. The molecule has 0 unspecified atom stereocenters. The molecule has 10 nitrogen and oxygen atoms in total. The molecule has 0 saturated carbocycles. The van der Waals surface area contributed by atoms with E-state index in [2.05, 4.69) is 29.4 Å². The van der Waals surface area contributed by atoms with Crippen LogP contribution in [0.15, 0.2) is 0 Å². The Balaban J connectivity index is 1.56. The molecule has 212 valence electrons. The molecule has 38 heavy (non-hydrogen) atoms. The highest BCUT2D eigenvalue weighted by atomic mass is 16.6. The molecule has 3 N–H and O–H groups in total. The number of aromatic nitrogens is 2. The van der Waals surface area contributed by atoms with Gasteiger partial charge < -0.3 is 30.3 Å². The topological polar surface area (TPSA) is 120 Å². The Morgan fingerprint density at radius 2 is 1.87 bits per heavy atom. The molecule has 1 aromatic rings. The van der Waals surface area contributed by atoms with Crippen LogP contribution in [0.4, 0.5) is 16.6 Å². The maximum Gasteiger partial charge on any atom is 0.410 e. The van der Waals surface area contributed by atoms with E-state index in [9.17, 15) is 14.7 Å². The molecule has 2 atom stereocenters. The van der Waals surface area contributed by atoms with Crippen LogP contribution in [-0.2, 0) is 22.4 Å². The Labute approximate surface area is 226 Å². The first-order chi connectivity index (χ1) is 17.9. The molecule has 1 aliphatic carbocycles. The van der Waals surface area contributed by atoms with Crippen molar-refractivity contribution in [1.29, 1.82) is 0 Å². The van der Waals surface area contributed by atoms with Gasteiger partial charge in [-0.2, -0.15) is 4.98 Å². The summed E-state index contributed by atoms with van der Waals surface area (Å²) >= 11 is 0. The zero-order valence-corrected chi connectivity index (χ0v) is 24.0. The van der Waals surface area contributed by atoms with Gasteiger partial charge in [-0.15, -0.1) is 0 Å². The van der Waals surface area contributed by atoms with Crippen molar-refractivity contribution in [3.05, 3.63) is 11.3 Å². The van der Waals surface area contributed by atoms with Crippen LogP contribution in [0.5, 0.6) is 0 Å². The highest BCUT2D eigenvalue weighted by Crippen LogP contribution is 2.44. The van der Waals surface area contributed by atoms with Gasteiger partial charge in [-0.3, -0.25) is 4.79 Å². The average Bonchev–Trinajstić information content (AvgIpc) is 3.22. The standard InChI is InChI=1S/C28H46N6O4/c1-18(2)11-19(12-23(36)29-6)30-24-21-9-7-8-10-22(21)31-25(32-24)34-17-28(13-20(34)14-35)15-33(16-28)26(37)38-27(3,4)5/h18-20,35H,7-17H2,1-6H3,(H,29,36)(H,30,31,32)/t19-,20-/m0/s1. The molecule has 2 saturated heterocycles. The minimum absolute atomic E-state index is 0.00401. The van der Waals surface area contributed by atoms with Gasteiger partial charge in [-0.05, 0) is 65.2 Å². The first-order valence-electron chi connectivity index (χ1n) is 14.1. The predicted molar refractivity (Wildman–Crippen MR) is 147 cm³/mol. The summed E-state index contributed by atoms with van der Waals surface area (Å²) in [4.78, 5) is 38.7. The second-order valence-corrected chi connectivity index (χ2v) is 12.9. The number of aliphatic hydroxyl groups is 1. The van der Waals surface area contributed by atoms with E-state index >= 15 is 0 Å². The first kappa shape index (κ1) is 28.4. The smallest absolute Gasteiger partial charge is 0.410 e. The number of carbonyl (C=O) groups is 2. The summed E-state index contributed by atoms with van der Waals surface area (Å²) in [5, 5.41) is 16.7. The summed E-state index contributed by atoms with van der Waals surface area (Å²) in [5.74, 6) is 1.88. The number of nitrogens with one attached hydrogen (secondary N) is 2. The number of anilines is 2. The molecule has 2 amide bonds. The van der Waals surface area contributed by atoms with Crippen LogP contribution in [0.3, 0.4) is 0 Å². The molecule has 10 heteroatoms. The van der Waals surface area contributed by atoms with E-state index in [1.54, 1.807) is 11.9 Å². The van der Waals surface area contributed by atoms with Gasteiger partial charge in [0, 0.05) is 50.1 Å². The van der Waals surface area contributed by atoms with Crippen LogP contribution in [0, 0.1) is 11.3 Å². The fraction of sp³-hybridized carbons (Fsp3) is 0.786. The monoisotopic (exact) mass is 530 g/mol. The van der Waals surface area contributed by atoms with Gasteiger partial charge in [0.1, 0.15) is 11.4 Å². The Kier molecular flexibility index (Phi) is 8.40. The number of aryl methyl sites for hydroxylation is 1. The minimum Gasteiger partial charge on any atom is -0.444 e. The predicted octanol–water partition coefficient (Wildman–Crippen LogP) is 3.13. The van der Waals surface area contributed by atoms with Gasteiger partial charge in [-0.25, -0.2) is 9.78 Å². The van der Waals surface area contributed by atoms with Gasteiger partial charge in [0.15, 0.2) is 0 Å². The van der Waals surface area contributed by atoms with Crippen LogP contribution in [0.25, 0.3) is 0 Å². The lowest BCUT2D eigenvalue weighted by Gasteiger charge is -2.47. The fourth-order valence-corrected chi connectivity index (χ4v) is 6.12. The molecule has 0 aromatic carbocycles. The number of aliphatic hydroxyl groups excluding tert-OH is 1. The molecule has 0 bridgehead atoms. The second kappa shape index (κ2) is 11.2. The number of hydrogen-bond acceptors (Lipinski definition) is 8. The number of hydrogen-bond donors (Lipinski definition) is 3. The lowest BCUT2D eigenvalue weighted by molar-refractivity contribution is -0.120. The number of amides is 2. The van der Waals surface area contributed by atoms with E-state index in [-0.39, 0.29) is 36.1 Å². The van der Waals surface area contributed by atoms with Gasteiger partial charge >= 0.3 is 6.09 Å². The molecular weight excluding hydrogens is 484 g/mol. The van der Waals surface area contributed by atoms with Crippen LogP contribution in [-0.4, -0.2) is 82.9 Å². The molecule has 4 rings (SSSR count). The molecule has 2 fully saturated rings. The van der Waals surface area contributed by atoms with Crippen molar-refractivity contribution in [3.63, 3.8) is 0 Å². The lowest BCUT2D eigenvalue weighted by Crippen LogP contribution is -2.60. The number of rotatable bonds is 8. The largest absolute Gasteiger partial charge is 0.444 e. The normalized spacial score (nSPS) is 21.2. The van der Waals surface area contributed by atoms with E-state index in [0.717, 1.165) is 55.6 Å². The van der Waals surface area contributed by atoms with Crippen molar-refractivity contribution in [1.82, 2.24) is 20.2 Å². The number of ether oxygens (including phenoxy) is 1. The van der Waals surface area contributed by atoms with E-state index < -0.39 is 5.60 Å². The van der Waals surface area contributed by atoms with E-state index in [0.29, 0.717) is 37.9 Å². The number of fused-ring (bicyclic) bond motifs is 1. The molecule has 2 aliphatic heterocycles. The minimum atomic E-state index is -0.527. The summed E-state index contributed by atoms with van der Waals surface area (Å²) in [6, 6.07) is -0.140. The Morgan fingerprint density at radius 3 is 2.50 bits per heavy atom. The van der Waals surface area contributed by atoms with Crippen molar-refractivity contribution in [2.24, 2.45) is 11.3 Å². The van der Waals surface area contributed by atoms with Crippen molar-refractivity contribution in [3.8, 4) is 0 Å². The second-order valence-electron chi connectivity index (χ2n) is 12.9. The van der Waals surface area contributed by atoms with Gasteiger partial charge in [0.2, 0.25) is 11.9 Å². The van der Waals surface area contributed by atoms with E-state index in [1.807, 2.05) is 20.8 Å². The Morgan fingerprint density at radius 1 is 1.16 bits per heavy atom. The van der Waals surface area contributed by atoms with Crippen molar-refractivity contribution >= 4 is 23.8 Å². The Hall–Kier alpha value is -2.62. The third kappa shape index (κ3) is 6.50. The zero-order valence-electron chi connectivity index (χ0n) is 24.0. The van der Waals surface area contributed by atoms with Crippen LogP contribution in [0.1, 0.15) is 78.0 Å². The van der Waals surface area contributed by atoms with Gasteiger partial charge in [0.25, 0.3) is 0 Å². The SMILES string of the molecule is CNC(=O)C[C@H](CC(C)C)Nc1nc(N2CC3(C[C@H]2CO)CN(C(=O)OC(C)(C)C)C3)nc2c1CCCC2. The highest BCUT2D eigenvalue weighted by Gasteiger charge is 2.54. The van der Waals surface area contributed by atoms with Crippen LogP contribution in [0.2, 0.25) is 0 Å². The quantitative estimate of drug-likeness (QED) is 0.469. The maximum absolute atomic E-state index is 12.5. The summed E-state index contributed by atoms with van der Waals surface area (Å²) in [6.45, 7) is 11.8. The van der Waals surface area contributed by atoms with Crippen molar-refractivity contribution in [2.45, 2.75) is 97.2 Å². The summed E-state index contributed by atoms with van der Waals surface area (Å²) in [5.41, 5.74) is 1.59. The van der Waals surface area contributed by atoms with Gasteiger partial charge in [0.05, 0.1) is 18.3 Å². The maximum atomic E-state index is 12.5. The number of likely N-dealkylation sites (tertiary alicyclic amines) is 1.